The van der Waals surface area contributed by atoms with Gasteiger partial charge in [0.2, 0.25) is 0 Å². The molecule has 0 aliphatic rings. The molecule has 0 atom stereocenters. The summed E-state index contributed by atoms with van der Waals surface area (Å²) < 4.78 is 45.4. The standard InChI is InChI=1S/C20H21F3N2OS/c1-19(2,3)17-11-16(20(21,22)23)15(12-24)18(25-17)27-10-9-13-5-7-14(26-4)8-6-13/h5-8,11H,9-10H2,1-4H3. The van der Waals surface area contributed by atoms with Crippen molar-refractivity contribution in [2.24, 2.45) is 0 Å². The summed E-state index contributed by atoms with van der Waals surface area (Å²) in [7, 11) is 1.58. The van der Waals surface area contributed by atoms with E-state index in [1.165, 1.54) is 11.8 Å². The fourth-order valence-corrected chi connectivity index (χ4v) is 3.39. The van der Waals surface area contributed by atoms with Gasteiger partial charge in [-0.3, -0.25) is 0 Å². The molecule has 0 saturated heterocycles. The Morgan fingerprint density at radius 1 is 1.15 bits per heavy atom. The van der Waals surface area contributed by atoms with Crippen molar-refractivity contribution < 1.29 is 17.9 Å². The molecule has 0 unspecified atom stereocenters. The van der Waals surface area contributed by atoms with Crippen LogP contribution in [0.4, 0.5) is 13.2 Å². The number of rotatable bonds is 5. The van der Waals surface area contributed by atoms with Crippen molar-refractivity contribution in [3.05, 3.63) is 52.7 Å². The van der Waals surface area contributed by atoms with Crippen LogP contribution in [-0.2, 0) is 18.0 Å². The average molecular weight is 394 g/mol. The van der Waals surface area contributed by atoms with Crippen LogP contribution in [0.15, 0.2) is 35.4 Å². The molecule has 3 nitrogen and oxygen atoms in total. The monoisotopic (exact) mass is 394 g/mol. The Kier molecular flexibility index (Phi) is 6.42. The average Bonchev–Trinajstić information content (AvgIpc) is 2.60. The van der Waals surface area contributed by atoms with Gasteiger partial charge in [0.05, 0.1) is 18.2 Å². The van der Waals surface area contributed by atoms with Gasteiger partial charge in [-0.25, -0.2) is 4.98 Å². The molecule has 0 radical (unpaired) electrons. The van der Waals surface area contributed by atoms with Gasteiger partial charge in [-0.1, -0.05) is 32.9 Å². The highest BCUT2D eigenvalue weighted by molar-refractivity contribution is 7.99. The molecule has 0 aliphatic heterocycles. The van der Waals surface area contributed by atoms with Gasteiger partial charge < -0.3 is 4.74 Å². The van der Waals surface area contributed by atoms with Crippen LogP contribution in [0.3, 0.4) is 0 Å². The molecule has 0 spiro atoms. The SMILES string of the molecule is COc1ccc(CCSc2nc(C(C)(C)C)cc(C(F)(F)F)c2C#N)cc1. The summed E-state index contributed by atoms with van der Waals surface area (Å²) in [5, 5.41) is 9.44. The Labute approximate surface area is 161 Å². The summed E-state index contributed by atoms with van der Waals surface area (Å²) in [5.41, 5.74) is -0.531. The highest BCUT2D eigenvalue weighted by atomic mass is 32.2. The van der Waals surface area contributed by atoms with Gasteiger partial charge >= 0.3 is 6.18 Å². The van der Waals surface area contributed by atoms with E-state index < -0.39 is 22.7 Å². The highest BCUT2D eigenvalue weighted by Crippen LogP contribution is 2.38. The number of ether oxygens (including phenoxy) is 1. The molecule has 0 saturated carbocycles. The van der Waals surface area contributed by atoms with E-state index in [4.69, 9.17) is 4.74 Å². The zero-order valence-corrected chi connectivity index (χ0v) is 16.5. The van der Waals surface area contributed by atoms with Crippen LogP contribution >= 0.6 is 11.8 Å². The van der Waals surface area contributed by atoms with Crippen molar-refractivity contribution in [1.82, 2.24) is 4.98 Å². The van der Waals surface area contributed by atoms with Crippen molar-refractivity contribution in [3.8, 4) is 11.8 Å². The van der Waals surface area contributed by atoms with Gasteiger partial charge in [0.25, 0.3) is 0 Å². The van der Waals surface area contributed by atoms with Crippen molar-refractivity contribution in [2.45, 2.75) is 43.8 Å². The summed E-state index contributed by atoms with van der Waals surface area (Å²) in [5.74, 6) is 1.26. The summed E-state index contributed by atoms with van der Waals surface area (Å²) in [6.07, 6.45) is -3.96. The maximum absolute atomic E-state index is 13.4. The van der Waals surface area contributed by atoms with E-state index in [-0.39, 0.29) is 5.03 Å². The lowest BCUT2D eigenvalue weighted by atomic mass is 9.90. The summed E-state index contributed by atoms with van der Waals surface area (Å²) in [4.78, 5) is 4.37. The second kappa shape index (κ2) is 8.22. The first-order valence-corrected chi connectivity index (χ1v) is 9.33. The summed E-state index contributed by atoms with van der Waals surface area (Å²) in [6.45, 7) is 5.40. The zero-order chi connectivity index (χ0) is 20.2. The molecule has 1 aromatic heterocycles. The predicted octanol–water partition coefficient (Wildman–Crippen LogP) is 5.61. The van der Waals surface area contributed by atoms with Crippen LogP contribution in [0, 0.1) is 11.3 Å². The molecule has 0 fully saturated rings. The van der Waals surface area contributed by atoms with Gasteiger partial charge in [0, 0.05) is 16.9 Å². The number of nitrogens with zero attached hydrogens (tertiary/aromatic N) is 2. The minimum absolute atomic E-state index is 0.130. The van der Waals surface area contributed by atoms with E-state index in [0.717, 1.165) is 17.4 Å². The van der Waals surface area contributed by atoms with E-state index in [0.29, 0.717) is 17.9 Å². The molecule has 1 aromatic carbocycles. The molecule has 2 rings (SSSR count). The number of pyridine rings is 1. The molecular formula is C20H21F3N2OS. The van der Waals surface area contributed by atoms with Gasteiger partial charge in [0.15, 0.2) is 0 Å². The van der Waals surface area contributed by atoms with Gasteiger partial charge in [-0.05, 0) is 30.2 Å². The lowest BCUT2D eigenvalue weighted by Crippen LogP contribution is -2.18. The maximum Gasteiger partial charge on any atom is 0.417 e. The first-order chi connectivity index (χ1) is 12.6. The third-order valence-corrected chi connectivity index (χ3v) is 4.94. The number of nitriles is 1. The van der Waals surface area contributed by atoms with Gasteiger partial charge in [-0.15, -0.1) is 11.8 Å². The van der Waals surface area contributed by atoms with E-state index in [1.54, 1.807) is 34.0 Å². The smallest absolute Gasteiger partial charge is 0.417 e. The fourth-order valence-electron chi connectivity index (χ4n) is 2.40. The predicted molar refractivity (Wildman–Crippen MR) is 100 cm³/mol. The van der Waals surface area contributed by atoms with Gasteiger partial charge in [-0.2, -0.15) is 18.4 Å². The number of methoxy groups -OCH3 is 1. The number of thioether (sulfide) groups is 1. The molecule has 0 aliphatic carbocycles. The number of hydrogen-bond donors (Lipinski definition) is 0. The second-order valence-corrected chi connectivity index (χ2v) is 8.12. The van der Waals surface area contributed by atoms with Crippen LogP contribution in [0.25, 0.3) is 0 Å². The number of hydrogen-bond acceptors (Lipinski definition) is 4. The molecule has 1 heterocycles. The maximum atomic E-state index is 13.4. The van der Waals surface area contributed by atoms with Crippen LogP contribution in [0.5, 0.6) is 5.75 Å². The van der Waals surface area contributed by atoms with Crippen LogP contribution in [0.1, 0.15) is 43.2 Å². The Hall–Kier alpha value is -2.20. The van der Waals surface area contributed by atoms with E-state index in [2.05, 4.69) is 4.98 Å². The molecule has 0 bridgehead atoms. The second-order valence-electron chi connectivity index (χ2n) is 7.04. The van der Waals surface area contributed by atoms with E-state index >= 15 is 0 Å². The van der Waals surface area contributed by atoms with E-state index in [1.807, 2.05) is 24.3 Å². The van der Waals surface area contributed by atoms with Crippen molar-refractivity contribution >= 4 is 11.8 Å². The van der Waals surface area contributed by atoms with Crippen LogP contribution in [0.2, 0.25) is 0 Å². The third kappa shape index (κ3) is 5.39. The molecule has 7 heteroatoms. The normalized spacial score (nSPS) is 11.9. The molecular weight excluding hydrogens is 373 g/mol. The Bertz CT molecular complexity index is 835. The number of aryl methyl sites for hydroxylation is 1. The minimum Gasteiger partial charge on any atom is -0.497 e. The lowest BCUT2D eigenvalue weighted by molar-refractivity contribution is -0.138. The highest BCUT2D eigenvalue weighted by Gasteiger charge is 2.37. The van der Waals surface area contributed by atoms with Gasteiger partial charge in [0.1, 0.15) is 16.8 Å². The third-order valence-electron chi connectivity index (χ3n) is 3.96. The van der Waals surface area contributed by atoms with E-state index in [9.17, 15) is 18.4 Å². The number of aromatic nitrogens is 1. The minimum atomic E-state index is -4.60. The Balaban J connectivity index is 2.29. The summed E-state index contributed by atoms with van der Waals surface area (Å²) >= 11 is 1.17. The van der Waals surface area contributed by atoms with Crippen molar-refractivity contribution in [3.63, 3.8) is 0 Å². The van der Waals surface area contributed by atoms with Crippen molar-refractivity contribution in [2.75, 3.05) is 12.9 Å². The zero-order valence-electron chi connectivity index (χ0n) is 15.6. The molecule has 2 aromatic rings. The number of benzene rings is 1. The molecule has 0 N–H and O–H groups in total. The first-order valence-electron chi connectivity index (χ1n) is 8.35. The molecule has 0 amide bonds. The Morgan fingerprint density at radius 3 is 2.26 bits per heavy atom. The van der Waals surface area contributed by atoms with Crippen molar-refractivity contribution in [1.29, 1.82) is 5.26 Å². The van der Waals surface area contributed by atoms with Crippen LogP contribution < -0.4 is 4.74 Å². The Morgan fingerprint density at radius 2 is 1.78 bits per heavy atom. The topological polar surface area (TPSA) is 45.9 Å². The number of halogens is 3. The first kappa shape index (κ1) is 21.1. The summed E-state index contributed by atoms with van der Waals surface area (Å²) in [6, 6.07) is 10.2. The quantitative estimate of drug-likeness (QED) is 0.618. The van der Waals surface area contributed by atoms with Crippen LogP contribution in [-0.4, -0.2) is 17.8 Å². The fraction of sp³-hybridized carbons (Fsp3) is 0.400. The number of alkyl halides is 3. The molecule has 144 valence electrons. The largest absolute Gasteiger partial charge is 0.497 e. The lowest BCUT2D eigenvalue weighted by Gasteiger charge is -2.21. The molecule has 27 heavy (non-hydrogen) atoms.